The predicted octanol–water partition coefficient (Wildman–Crippen LogP) is 4.21. The van der Waals surface area contributed by atoms with Gasteiger partial charge >= 0.3 is 117 Å². The van der Waals surface area contributed by atoms with Crippen LogP contribution in [0.4, 0.5) is 15.1 Å². The Kier molecular flexibility index (Phi) is 3.50. The van der Waals surface area contributed by atoms with Gasteiger partial charge in [0.2, 0.25) is 0 Å². The Labute approximate surface area is 117 Å². The monoisotopic (exact) mass is 349 g/mol. The number of anilines is 3. The molecule has 0 saturated heterocycles. The van der Waals surface area contributed by atoms with E-state index in [1.165, 1.54) is 15.1 Å². The number of benzene rings is 2. The van der Waals surface area contributed by atoms with Gasteiger partial charge in [-0.3, -0.25) is 0 Å². The van der Waals surface area contributed by atoms with Gasteiger partial charge < -0.3 is 0 Å². The summed E-state index contributed by atoms with van der Waals surface area (Å²) < 4.78 is 3.76. The molecular formula is C16H13NTe. The number of rotatable bonds is 3. The van der Waals surface area contributed by atoms with Crippen LogP contribution in [0.2, 0.25) is 0 Å². The summed E-state index contributed by atoms with van der Waals surface area (Å²) in [5, 5.41) is 0. The van der Waals surface area contributed by atoms with Gasteiger partial charge in [0.25, 0.3) is 0 Å². The Morgan fingerprint density at radius 3 is 1.61 bits per heavy atom. The average Bonchev–Trinajstić information content (AvgIpc) is 2.95. The van der Waals surface area contributed by atoms with Crippen molar-refractivity contribution in [1.82, 2.24) is 0 Å². The summed E-state index contributed by atoms with van der Waals surface area (Å²) >= 11 is -0.191. The van der Waals surface area contributed by atoms with E-state index < -0.39 is 0 Å². The quantitative estimate of drug-likeness (QED) is 0.642. The molecule has 0 spiro atoms. The Balaban J connectivity index is 2.11. The SMILES string of the molecule is c1ccc(N(c2ccccc2)c2ccc[te]2)cc1. The van der Waals surface area contributed by atoms with Crippen molar-refractivity contribution in [2.24, 2.45) is 0 Å². The van der Waals surface area contributed by atoms with Crippen LogP contribution in [0.3, 0.4) is 0 Å². The molecule has 0 aliphatic rings. The standard InChI is InChI=1S/C16H13NTe/c1-3-8-14(9-4-1)17(16-12-7-13-18-16)15-10-5-2-6-11-15/h1-13H. The van der Waals surface area contributed by atoms with Crippen molar-refractivity contribution in [2.75, 3.05) is 4.90 Å². The molecular weight excluding hydrogens is 334 g/mol. The van der Waals surface area contributed by atoms with Gasteiger partial charge in [0.15, 0.2) is 0 Å². The van der Waals surface area contributed by atoms with Gasteiger partial charge in [-0.25, -0.2) is 0 Å². The van der Waals surface area contributed by atoms with Crippen LogP contribution in [0.1, 0.15) is 0 Å². The summed E-state index contributed by atoms with van der Waals surface area (Å²) in [6.07, 6.45) is 0. The van der Waals surface area contributed by atoms with Crippen molar-refractivity contribution < 1.29 is 0 Å². The number of hydrogen-bond donors (Lipinski definition) is 0. The first-order valence-electron chi connectivity index (χ1n) is 5.89. The van der Waals surface area contributed by atoms with Crippen molar-refractivity contribution in [3.8, 4) is 0 Å². The molecule has 0 fully saturated rings. The molecule has 0 saturated carbocycles. The van der Waals surface area contributed by atoms with Crippen LogP contribution in [-0.4, -0.2) is 20.4 Å². The van der Waals surface area contributed by atoms with Crippen LogP contribution in [0.15, 0.2) is 76.9 Å². The maximum absolute atomic E-state index is 2.36. The summed E-state index contributed by atoms with van der Waals surface area (Å²) in [5.41, 5.74) is 2.48. The van der Waals surface area contributed by atoms with Gasteiger partial charge in [-0.15, -0.1) is 0 Å². The zero-order chi connectivity index (χ0) is 12.2. The van der Waals surface area contributed by atoms with E-state index in [4.69, 9.17) is 0 Å². The van der Waals surface area contributed by atoms with E-state index in [1.54, 1.807) is 0 Å². The molecule has 18 heavy (non-hydrogen) atoms. The van der Waals surface area contributed by atoms with Crippen LogP contribution in [-0.2, 0) is 0 Å². The molecule has 2 aromatic carbocycles. The fourth-order valence-corrected chi connectivity index (χ4v) is 4.15. The summed E-state index contributed by atoms with van der Waals surface area (Å²) in [6.45, 7) is 0. The van der Waals surface area contributed by atoms with Crippen molar-refractivity contribution >= 4 is 35.5 Å². The molecule has 0 N–H and O–H groups in total. The van der Waals surface area contributed by atoms with Crippen LogP contribution < -0.4 is 4.90 Å². The first-order valence-corrected chi connectivity index (χ1v) is 8.40. The van der Waals surface area contributed by atoms with Gasteiger partial charge in [-0.2, -0.15) is 0 Å². The van der Waals surface area contributed by atoms with Crippen molar-refractivity contribution in [2.45, 2.75) is 0 Å². The minimum absolute atomic E-state index is 0.191. The molecule has 0 bridgehead atoms. The van der Waals surface area contributed by atoms with E-state index >= 15 is 0 Å². The van der Waals surface area contributed by atoms with Crippen molar-refractivity contribution in [3.05, 3.63) is 76.9 Å². The normalized spacial score (nSPS) is 10.2. The zero-order valence-corrected chi connectivity index (χ0v) is 12.2. The molecule has 0 atom stereocenters. The van der Waals surface area contributed by atoms with Crippen LogP contribution in [0.25, 0.3) is 0 Å². The maximum atomic E-state index is 2.36. The third-order valence-corrected chi connectivity index (χ3v) is 5.19. The van der Waals surface area contributed by atoms with Gasteiger partial charge in [-0.05, 0) is 0 Å². The van der Waals surface area contributed by atoms with E-state index in [2.05, 4.69) is 81.8 Å². The summed E-state index contributed by atoms with van der Waals surface area (Å²) in [7, 11) is 0. The van der Waals surface area contributed by atoms with E-state index in [-0.39, 0.29) is 20.4 Å². The molecule has 3 aromatic rings. The first kappa shape index (κ1) is 11.6. The summed E-state index contributed by atoms with van der Waals surface area (Å²) in [6, 6.07) is 25.6. The van der Waals surface area contributed by atoms with E-state index in [0.717, 1.165) is 0 Å². The second-order valence-corrected chi connectivity index (χ2v) is 6.60. The second kappa shape index (κ2) is 5.44. The van der Waals surface area contributed by atoms with E-state index in [0.29, 0.717) is 0 Å². The van der Waals surface area contributed by atoms with Crippen LogP contribution in [0.5, 0.6) is 0 Å². The molecule has 0 amide bonds. The fourth-order valence-electron chi connectivity index (χ4n) is 1.95. The van der Waals surface area contributed by atoms with Gasteiger partial charge in [-0.1, -0.05) is 0 Å². The summed E-state index contributed by atoms with van der Waals surface area (Å²) in [4.78, 5) is 2.36. The minimum atomic E-state index is -0.191. The molecule has 0 unspecified atom stereocenters. The number of nitrogens with zero attached hydrogens (tertiary/aromatic N) is 1. The third kappa shape index (κ3) is 2.36. The molecule has 0 aliphatic heterocycles. The number of para-hydroxylation sites is 2. The number of hydrogen-bond acceptors (Lipinski definition) is 1. The van der Waals surface area contributed by atoms with Gasteiger partial charge in [0, 0.05) is 0 Å². The molecule has 1 nitrogen and oxygen atoms in total. The Morgan fingerprint density at radius 2 is 1.17 bits per heavy atom. The first-order chi connectivity index (χ1) is 8.95. The second-order valence-electron chi connectivity index (χ2n) is 3.96. The zero-order valence-electron chi connectivity index (χ0n) is 9.86. The van der Waals surface area contributed by atoms with Crippen LogP contribution in [0, 0.1) is 0 Å². The molecule has 3 rings (SSSR count). The Hall–Kier alpha value is -1.49. The molecule has 88 valence electrons. The van der Waals surface area contributed by atoms with Crippen molar-refractivity contribution in [3.63, 3.8) is 0 Å². The molecule has 0 aliphatic carbocycles. The molecule has 1 heterocycles. The third-order valence-electron chi connectivity index (χ3n) is 2.76. The van der Waals surface area contributed by atoms with Gasteiger partial charge in [0.05, 0.1) is 0 Å². The van der Waals surface area contributed by atoms with E-state index in [9.17, 15) is 0 Å². The summed E-state index contributed by atoms with van der Waals surface area (Å²) in [5.74, 6) is 0. The van der Waals surface area contributed by atoms with Gasteiger partial charge in [0.1, 0.15) is 0 Å². The molecule has 1 aromatic heterocycles. The van der Waals surface area contributed by atoms with Crippen molar-refractivity contribution in [1.29, 1.82) is 0 Å². The Morgan fingerprint density at radius 1 is 0.611 bits per heavy atom. The fraction of sp³-hybridized carbons (Fsp3) is 0. The Bertz CT molecular complexity index is 548. The topological polar surface area (TPSA) is 3.24 Å². The van der Waals surface area contributed by atoms with Crippen LogP contribution >= 0.6 is 0 Å². The predicted molar refractivity (Wildman–Crippen MR) is 78.1 cm³/mol. The molecule has 2 heteroatoms. The average molecular weight is 347 g/mol. The van der Waals surface area contributed by atoms with E-state index in [1.807, 2.05) is 0 Å². The molecule has 0 radical (unpaired) electrons.